The molecular formula is C11H11NO3. The second-order valence-corrected chi connectivity index (χ2v) is 3.58. The fourth-order valence-electron chi connectivity index (χ4n) is 1.64. The second-order valence-electron chi connectivity index (χ2n) is 3.58. The Hall–Kier alpha value is -1.97. The Balaban J connectivity index is 3.04. The van der Waals surface area contributed by atoms with Crippen molar-refractivity contribution in [2.45, 2.75) is 6.92 Å². The maximum Gasteiger partial charge on any atom is 0.251 e. The van der Waals surface area contributed by atoms with Gasteiger partial charge in [0.25, 0.3) is 5.56 Å². The number of aryl methyl sites for hydroxylation is 2. The van der Waals surface area contributed by atoms with Crippen molar-refractivity contribution < 1.29 is 10.2 Å². The zero-order chi connectivity index (χ0) is 11.2. The van der Waals surface area contributed by atoms with E-state index in [-0.39, 0.29) is 17.1 Å². The van der Waals surface area contributed by atoms with Gasteiger partial charge >= 0.3 is 0 Å². The summed E-state index contributed by atoms with van der Waals surface area (Å²) in [6.45, 7) is 1.79. The Morgan fingerprint density at radius 2 is 1.73 bits per heavy atom. The zero-order valence-electron chi connectivity index (χ0n) is 8.48. The highest BCUT2D eigenvalue weighted by Crippen LogP contribution is 2.30. The van der Waals surface area contributed by atoms with E-state index in [0.717, 1.165) is 10.9 Å². The predicted octanol–water partition coefficient (Wildman–Crippen LogP) is 1.26. The summed E-state index contributed by atoms with van der Waals surface area (Å²) in [6, 6.07) is 4.34. The lowest BCUT2D eigenvalue weighted by Gasteiger charge is -2.08. The third-order valence-electron chi connectivity index (χ3n) is 2.55. The Morgan fingerprint density at radius 3 is 2.40 bits per heavy atom. The van der Waals surface area contributed by atoms with Crippen LogP contribution in [0.15, 0.2) is 23.0 Å². The molecule has 15 heavy (non-hydrogen) atoms. The summed E-state index contributed by atoms with van der Waals surface area (Å²) < 4.78 is 1.43. The lowest BCUT2D eigenvalue weighted by Crippen LogP contribution is -2.16. The van der Waals surface area contributed by atoms with Gasteiger partial charge in [0.2, 0.25) is 0 Å². The summed E-state index contributed by atoms with van der Waals surface area (Å²) in [5, 5.41) is 19.5. The molecule has 4 nitrogen and oxygen atoms in total. The van der Waals surface area contributed by atoms with E-state index in [4.69, 9.17) is 0 Å². The van der Waals surface area contributed by atoms with E-state index in [0.29, 0.717) is 5.52 Å². The Labute approximate surface area is 86.0 Å². The van der Waals surface area contributed by atoms with Crippen LogP contribution in [0.4, 0.5) is 0 Å². The van der Waals surface area contributed by atoms with Crippen LogP contribution in [0.2, 0.25) is 0 Å². The van der Waals surface area contributed by atoms with Gasteiger partial charge in [-0.2, -0.15) is 0 Å². The minimum absolute atomic E-state index is 0.134. The highest BCUT2D eigenvalue weighted by molar-refractivity contribution is 5.85. The fraction of sp³-hybridized carbons (Fsp3) is 0.182. The predicted molar refractivity (Wildman–Crippen MR) is 57.3 cm³/mol. The van der Waals surface area contributed by atoms with Crippen molar-refractivity contribution in [3.05, 3.63) is 34.1 Å². The topological polar surface area (TPSA) is 62.5 Å². The molecule has 2 N–H and O–H groups in total. The monoisotopic (exact) mass is 205 g/mol. The number of phenolic OH excluding ortho intramolecular Hbond substituents is 2. The highest BCUT2D eigenvalue weighted by atomic mass is 16.3. The van der Waals surface area contributed by atoms with Crippen molar-refractivity contribution >= 4 is 10.9 Å². The first-order chi connectivity index (χ1) is 7.00. The molecule has 2 aromatic rings. The molecule has 0 bridgehead atoms. The fourth-order valence-corrected chi connectivity index (χ4v) is 1.64. The van der Waals surface area contributed by atoms with Gasteiger partial charge in [0, 0.05) is 24.6 Å². The van der Waals surface area contributed by atoms with E-state index >= 15 is 0 Å². The standard InChI is InChI=1S/C11H11NO3/c1-6-3-11(15)12(2)8-5-10(14)9(13)4-7(6)8/h3-5,13-14H,1-2H3. The van der Waals surface area contributed by atoms with Gasteiger partial charge in [-0.15, -0.1) is 0 Å². The Morgan fingerprint density at radius 1 is 1.13 bits per heavy atom. The molecule has 0 radical (unpaired) electrons. The van der Waals surface area contributed by atoms with Crippen molar-refractivity contribution in [1.29, 1.82) is 0 Å². The molecule has 78 valence electrons. The summed E-state index contributed by atoms with van der Waals surface area (Å²) >= 11 is 0. The molecule has 0 saturated heterocycles. The molecule has 0 spiro atoms. The number of fused-ring (bicyclic) bond motifs is 1. The van der Waals surface area contributed by atoms with Gasteiger partial charge in [0.05, 0.1) is 5.52 Å². The molecule has 0 aliphatic rings. The number of benzene rings is 1. The molecule has 0 aliphatic carbocycles. The van der Waals surface area contributed by atoms with Gasteiger partial charge in [0.1, 0.15) is 0 Å². The van der Waals surface area contributed by atoms with Crippen LogP contribution in [-0.2, 0) is 7.05 Å². The van der Waals surface area contributed by atoms with E-state index in [9.17, 15) is 15.0 Å². The average Bonchev–Trinajstić information content (AvgIpc) is 2.18. The molecule has 0 amide bonds. The average molecular weight is 205 g/mol. The maximum absolute atomic E-state index is 11.5. The van der Waals surface area contributed by atoms with Crippen LogP contribution >= 0.6 is 0 Å². The van der Waals surface area contributed by atoms with Gasteiger partial charge in [0.15, 0.2) is 11.5 Å². The number of pyridine rings is 1. The molecule has 0 fully saturated rings. The number of hydrogen-bond donors (Lipinski definition) is 2. The van der Waals surface area contributed by atoms with Crippen molar-refractivity contribution in [2.75, 3.05) is 0 Å². The van der Waals surface area contributed by atoms with Crippen LogP contribution in [0, 0.1) is 6.92 Å². The third kappa shape index (κ3) is 1.34. The molecule has 0 aliphatic heterocycles. The normalized spacial score (nSPS) is 10.8. The first-order valence-electron chi connectivity index (χ1n) is 4.53. The van der Waals surface area contributed by atoms with Crippen molar-refractivity contribution in [2.24, 2.45) is 7.05 Å². The molecule has 0 atom stereocenters. The van der Waals surface area contributed by atoms with Crippen LogP contribution in [0.5, 0.6) is 11.5 Å². The number of aromatic nitrogens is 1. The minimum atomic E-state index is -0.219. The van der Waals surface area contributed by atoms with E-state index < -0.39 is 0 Å². The molecule has 4 heteroatoms. The Kier molecular flexibility index (Phi) is 1.93. The summed E-state index contributed by atoms with van der Waals surface area (Å²) in [5.74, 6) is -0.396. The van der Waals surface area contributed by atoms with E-state index in [1.807, 2.05) is 0 Å². The van der Waals surface area contributed by atoms with Gasteiger partial charge in [-0.05, 0) is 18.6 Å². The Bertz CT molecular complexity index is 599. The lowest BCUT2D eigenvalue weighted by molar-refractivity contribution is 0.404. The summed E-state index contributed by atoms with van der Waals surface area (Å²) in [6.07, 6.45) is 0. The van der Waals surface area contributed by atoms with Gasteiger partial charge in [-0.3, -0.25) is 4.79 Å². The van der Waals surface area contributed by atoms with Crippen molar-refractivity contribution in [1.82, 2.24) is 4.57 Å². The zero-order valence-corrected chi connectivity index (χ0v) is 8.48. The molecule has 1 heterocycles. The van der Waals surface area contributed by atoms with Crippen LogP contribution in [-0.4, -0.2) is 14.8 Å². The van der Waals surface area contributed by atoms with Crippen LogP contribution in [0.3, 0.4) is 0 Å². The number of nitrogens with zero attached hydrogens (tertiary/aromatic N) is 1. The molecule has 2 rings (SSSR count). The first-order valence-corrected chi connectivity index (χ1v) is 4.53. The van der Waals surface area contributed by atoms with Crippen LogP contribution < -0.4 is 5.56 Å². The van der Waals surface area contributed by atoms with E-state index in [1.165, 1.54) is 22.8 Å². The molecular weight excluding hydrogens is 194 g/mol. The van der Waals surface area contributed by atoms with E-state index in [1.54, 1.807) is 14.0 Å². The summed E-state index contributed by atoms with van der Waals surface area (Å²) in [7, 11) is 1.63. The number of hydrogen-bond acceptors (Lipinski definition) is 3. The molecule has 0 unspecified atom stereocenters. The molecule has 1 aromatic carbocycles. The van der Waals surface area contributed by atoms with Crippen molar-refractivity contribution in [3.8, 4) is 11.5 Å². The molecule has 1 aromatic heterocycles. The molecule has 0 saturated carbocycles. The maximum atomic E-state index is 11.5. The first kappa shape index (κ1) is 9.58. The van der Waals surface area contributed by atoms with Gasteiger partial charge in [-0.1, -0.05) is 0 Å². The SMILES string of the molecule is Cc1cc(=O)n(C)c2cc(O)c(O)cc12. The summed E-state index contributed by atoms with van der Waals surface area (Å²) in [4.78, 5) is 11.5. The van der Waals surface area contributed by atoms with Crippen LogP contribution in [0.25, 0.3) is 10.9 Å². The van der Waals surface area contributed by atoms with E-state index in [2.05, 4.69) is 0 Å². The van der Waals surface area contributed by atoms with Crippen molar-refractivity contribution in [3.63, 3.8) is 0 Å². The lowest BCUT2D eigenvalue weighted by atomic mass is 10.1. The largest absolute Gasteiger partial charge is 0.504 e. The number of phenols is 2. The van der Waals surface area contributed by atoms with Gasteiger partial charge in [-0.25, -0.2) is 0 Å². The third-order valence-corrected chi connectivity index (χ3v) is 2.55. The second kappa shape index (κ2) is 3.02. The number of aromatic hydroxyl groups is 2. The highest BCUT2D eigenvalue weighted by Gasteiger charge is 2.07. The quantitative estimate of drug-likeness (QED) is 0.636. The smallest absolute Gasteiger partial charge is 0.251 e. The summed E-state index contributed by atoms with van der Waals surface area (Å²) in [5.41, 5.74) is 1.25. The van der Waals surface area contributed by atoms with Crippen LogP contribution in [0.1, 0.15) is 5.56 Å². The minimum Gasteiger partial charge on any atom is -0.504 e. The number of rotatable bonds is 0. The van der Waals surface area contributed by atoms with Gasteiger partial charge < -0.3 is 14.8 Å².